The number of hydrogen-bond donors (Lipinski definition) is 1. The molecular weight excluding hydrogens is 350 g/mol. The van der Waals surface area contributed by atoms with E-state index in [1.54, 1.807) is 18.2 Å². The van der Waals surface area contributed by atoms with Gasteiger partial charge in [-0.15, -0.1) is 0 Å². The highest BCUT2D eigenvalue weighted by Crippen LogP contribution is 2.22. The number of nitrogens with zero attached hydrogens (tertiary/aromatic N) is 2. The third-order valence-corrected chi connectivity index (χ3v) is 5.46. The van der Waals surface area contributed by atoms with Crippen molar-refractivity contribution in [2.75, 3.05) is 13.1 Å². The number of carbonyl (C=O) groups excluding carboxylic acids is 2. The van der Waals surface area contributed by atoms with Crippen molar-refractivity contribution in [2.24, 2.45) is 5.92 Å². The number of amides is 2. The van der Waals surface area contributed by atoms with Gasteiger partial charge in [0.1, 0.15) is 11.4 Å². The van der Waals surface area contributed by atoms with Gasteiger partial charge < -0.3 is 10.2 Å². The zero-order chi connectivity index (χ0) is 19.9. The largest absolute Gasteiger partial charge is 0.348 e. The molecule has 2 heterocycles. The van der Waals surface area contributed by atoms with Gasteiger partial charge in [-0.05, 0) is 56.2 Å². The third kappa shape index (κ3) is 5.18. The van der Waals surface area contributed by atoms with Crippen LogP contribution in [0.4, 0.5) is 0 Å². The van der Waals surface area contributed by atoms with Crippen molar-refractivity contribution in [2.45, 2.75) is 45.6 Å². The Kier molecular flexibility index (Phi) is 6.80. The summed E-state index contributed by atoms with van der Waals surface area (Å²) in [5.41, 5.74) is 2.00. The second-order valence-corrected chi connectivity index (χ2v) is 7.62. The molecular formula is C23H29N3O2. The molecule has 0 aliphatic carbocycles. The molecule has 1 atom stereocenters. The smallest absolute Gasteiger partial charge is 0.272 e. The molecule has 2 aromatic rings. The molecule has 1 aromatic heterocycles. The van der Waals surface area contributed by atoms with Crippen LogP contribution in [0, 0.1) is 5.92 Å². The maximum absolute atomic E-state index is 12.8. The molecule has 1 fully saturated rings. The maximum atomic E-state index is 12.8. The summed E-state index contributed by atoms with van der Waals surface area (Å²) in [6.07, 6.45) is 3.90. The van der Waals surface area contributed by atoms with E-state index in [-0.39, 0.29) is 17.9 Å². The molecule has 5 heteroatoms. The summed E-state index contributed by atoms with van der Waals surface area (Å²) in [7, 11) is 0. The van der Waals surface area contributed by atoms with Gasteiger partial charge in [0.2, 0.25) is 0 Å². The molecule has 148 valence electrons. The maximum Gasteiger partial charge on any atom is 0.272 e. The number of rotatable bonds is 6. The van der Waals surface area contributed by atoms with E-state index in [1.165, 1.54) is 5.56 Å². The predicted molar refractivity (Wildman–Crippen MR) is 110 cm³/mol. The van der Waals surface area contributed by atoms with E-state index in [0.29, 0.717) is 17.3 Å². The SMILES string of the molecule is CCC(C)NC(=O)c1cccc(C(=O)N2CCC(Cc3ccccc3)CC2)n1. The summed E-state index contributed by atoms with van der Waals surface area (Å²) in [6.45, 7) is 5.44. The van der Waals surface area contributed by atoms with E-state index in [4.69, 9.17) is 0 Å². The number of carbonyl (C=O) groups is 2. The van der Waals surface area contributed by atoms with Gasteiger partial charge in [0.05, 0.1) is 0 Å². The van der Waals surface area contributed by atoms with Crippen LogP contribution in [0.3, 0.4) is 0 Å². The van der Waals surface area contributed by atoms with Gasteiger partial charge in [0, 0.05) is 19.1 Å². The van der Waals surface area contributed by atoms with E-state index in [0.717, 1.165) is 38.8 Å². The molecule has 1 saturated heterocycles. The average Bonchev–Trinajstić information content (AvgIpc) is 2.74. The lowest BCUT2D eigenvalue weighted by Crippen LogP contribution is -2.39. The van der Waals surface area contributed by atoms with Crippen LogP contribution in [0.1, 0.15) is 59.7 Å². The molecule has 5 nitrogen and oxygen atoms in total. The Hall–Kier alpha value is -2.69. The molecule has 0 spiro atoms. The summed E-state index contributed by atoms with van der Waals surface area (Å²) >= 11 is 0. The van der Waals surface area contributed by atoms with Gasteiger partial charge in [-0.25, -0.2) is 4.98 Å². The Balaban J connectivity index is 1.57. The molecule has 1 aromatic carbocycles. The quantitative estimate of drug-likeness (QED) is 0.832. The predicted octanol–water partition coefficient (Wildman–Crippen LogP) is 3.70. The number of hydrogen-bond acceptors (Lipinski definition) is 3. The summed E-state index contributed by atoms with van der Waals surface area (Å²) in [6, 6.07) is 15.7. The van der Waals surface area contributed by atoms with Crippen LogP contribution in [0.25, 0.3) is 0 Å². The molecule has 1 aliphatic heterocycles. The van der Waals surface area contributed by atoms with Gasteiger partial charge in [0.15, 0.2) is 0 Å². The number of likely N-dealkylation sites (tertiary alicyclic amines) is 1. The Morgan fingerprint density at radius 3 is 2.43 bits per heavy atom. The number of piperidine rings is 1. The monoisotopic (exact) mass is 379 g/mol. The van der Waals surface area contributed by atoms with Crippen LogP contribution < -0.4 is 5.32 Å². The Morgan fingerprint density at radius 1 is 1.07 bits per heavy atom. The Morgan fingerprint density at radius 2 is 1.75 bits per heavy atom. The van der Waals surface area contributed by atoms with Gasteiger partial charge in [-0.2, -0.15) is 0 Å². The zero-order valence-corrected chi connectivity index (χ0v) is 16.7. The van der Waals surface area contributed by atoms with Crippen LogP contribution in [0.2, 0.25) is 0 Å². The second kappa shape index (κ2) is 9.49. The summed E-state index contributed by atoms with van der Waals surface area (Å²) in [5.74, 6) is 0.286. The molecule has 1 aliphatic rings. The Bertz CT molecular complexity index is 799. The fraction of sp³-hybridized carbons (Fsp3) is 0.435. The average molecular weight is 380 g/mol. The minimum atomic E-state index is -0.231. The van der Waals surface area contributed by atoms with Crippen molar-refractivity contribution >= 4 is 11.8 Å². The van der Waals surface area contributed by atoms with Crippen molar-refractivity contribution in [3.63, 3.8) is 0 Å². The summed E-state index contributed by atoms with van der Waals surface area (Å²) < 4.78 is 0. The lowest BCUT2D eigenvalue weighted by Gasteiger charge is -2.32. The molecule has 1 N–H and O–H groups in total. The lowest BCUT2D eigenvalue weighted by molar-refractivity contribution is 0.0684. The highest BCUT2D eigenvalue weighted by Gasteiger charge is 2.25. The molecule has 2 amide bonds. The molecule has 1 unspecified atom stereocenters. The van der Waals surface area contributed by atoms with Gasteiger partial charge in [0.25, 0.3) is 11.8 Å². The van der Waals surface area contributed by atoms with E-state index in [2.05, 4.69) is 34.6 Å². The van der Waals surface area contributed by atoms with E-state index >= 15 is 0 Å². The zero-order valence-electron chi connectivity index (χ0n) is 16.7. The second-order valence-electron chi connectivity index (χ2n) is 7.62. The number of pyridine rings is 1. The highest BCUT2D eigenvalue weighted by atomic mass is 16.2. The first-order chi connectivity index (χ1) is 13.6. The van der Waals surface area contributed by atoms with Crippen LogP contribution in [-0.4, -0.2) is 40.8 Å². The standard InChI is InChI=1S/C23H29N3O2/c1-3-17(2)24-22(27)20-10-7-11-21(25-20)23(28)26-14-12-19(13-15-26)16-18-8-5-4-6-9-18/h4-11,17,19H,3,12-16H2,1-2H3,(H,24,27). The van der Waals surface area contributed by atoms with E-state index < -0.39 is 0 Å². The molecule has 28 heavy (non-hydrogen) atoms. The van der Waals surface area contributed by atoms with Crippen molar-refractivity contribution < 1.29 is 9.59 Å². The summed E-state index contributed by atoms with van der Waals surface area (Å²) in [4.78, 5) is 31.3. The fourth-order valence-corrected chi connectivity index (χ4v) is 3.53. The molecule has 3 rings (SSSR count). The third-order valence-electron chi connectivity index (χ3n) is 5.46. The molecule has 0 saturated carbocycles. The van der Waals surface area contributed by atoms with Crippen molar-refractivity contribution in [3.8, 4) is 0 Å². The van der Waals surface area contributed by atoms with Gasteiger partial charge >= 0.3 is 0 Å². The van der Waals surface area contributed by atoms with Crippen LogP contribution in [-0.2, 0) is 6.42 Å². The first-order valence-electron chi connectivity index (χ1n) is 10.2. The van der Waals surface area contributed by atoms with Crippen LogP contribution in [0.15, 0.2) is 48.5 Å². The first kappa shape index (κ1) is 20.1. The number of aromatic nitrogens is 1. The van der Waals surface area contributed by atoms with E-state index in [9.17, 15) is 9.59 Å². The number of nitrogens with one attached hydrogen (secondary N) is 1. The fourth-order valence-electron chi connectivity index (χ4n) is 3.53. The summed E-state index contributed by atoms with van der Waals surface area (Å²) in [5, 5.41) is 2.89. The number of benzene rings is 1. The van der Waals surface area contributed by atoms with Gasteiger partial charge in [-0.1, -0.05) is 43.3 Å². The van der Waals surface area contributed by atoms with Crippen LogP contribution in [0.5, 0.6) is 0 Å². The lowest BCUT2D eigenvalue weighted by atomic mass is 9.90. The normalized spacial score (nSPS) is 15.9. The van der Waals surface area contributed by atoms with Crippen molar-refractivity contribution in [1.29, 1.82) is 0 Å². The van der Waals surface area contributed by atoms with Gasteiger partial charge in [-0.3, -0.25) is 9.59 Å². The van der Waals surface area contributed by atoms with Crippen molar-refractivity contribution in [3.05, 3.63) is 65.5 Å². The van der Waals surface area contributed by atoms with Crippen LogP contribution >= 0.6 is 0 Å². The topological polar surface area (TPSA) is 62.3 Å². The highest BCUT2D eigenvalue weighted by molar-refractivity contribution is 5.96. The minimum Gasteiger partial charge on any atom is -0.348 e. The minimum absolute atomic E-state index is 0.0808. The molecule has 0 bridgehead atoms. The Labute approximate surface area is 167 Å². The molecule has 0 radical (unpaired) electrons. The first-order valence-corrected chi connectivity index (χ1v) is 10.2. The van der Waals surface area contributed by atoms with E-state index in [1.807, 2.05) is 24.8 Å². The van der Waals surface area contributed by atoms with Crippen molar-refractivity contribution in [1.82, 2.24) is 15.2 Å².